The number of halogens is 2. The van der Waals surface area contributed by atoms with E-state index < -0.39 is 10.0 Å². The van der Waals surface area contributed by atoms with E-state index in [0.717, 1.165) is 12.8 Å². The molecule has 5 nitrogen and oxygen atoms in total. The van der Waals surface area contributed by atoms with Gasteiger partial charge in [-0.3, -0.25) is 4.79 Å². The van der Waals surface area contributed by atoms with Gasteiger partial charge in [-0.1, -0.05) is 23.2 Å². The van der Waals surface area contributed by atoms with Crippen LogP contribution >= 0.6 is 23.2 Å². The van der Waals surface area contributed by atoms with E-state index in [4.69, 9.17) is 23.2 Å². The van der Waals surface area contributed by atoms with Crippen LogP contribution in [0.3, 0.4) is 0 Å². The van der Waals surface area contributed by atoms with Crippen molar-refractivity contribution in [3.05, 3.63) is 58.1 Å². The zero-order chi connectivity index (χ0) is 18.0. The molecule has 0 bridgehead atoms. The first kappa shape index (κ1) is 18.2. The second kappa shape index (κ2) is 7.33. The van der Waals surface area contributed by atoms with Crippen molar-refractivity contribution in [3.8, 4) is 0 Å². The van der Waals surface area contributed by atoms with E-state index in [1.807, 2.05) is 0 Å². The maximum Gasteiger partial charge on any atom is 0.255 e. The molecule has 0 aromatic heterocycles. The van der Waals surface area contributed by atoms with E-state index in [9.17, 15) is 13.2 Å². The van der Waals surface area contributed by atoms with Crippen molar-refractivity contribution < 1.29 is 13.2 Å². The summed E-state index contributed by atoms with van der Waals surface area (Å²) in [4.78, 5) is 12.5. The van der Waals surface area contributed by atoms with Crippen molar-refractivity contribution in [1.29, 1.82) is 0 Å². The summed E-state index contributed by atoms with van der Waals surface area (Å²) in [6.07, 6.45) is 1.75. The van der Waals surface area contributed by atoms with Gasteiger partial charge in [0.2, 0.25) is 10.0 Å². The lowest BCUT2D eigenvalue weighted by atomic mass is 10.2. The molecule has 1 saturated heterocycles. The highest BCUT2D eigenvalue weighted by molar-refractivity contribution is 7.89. The van der Waals surface area contributed by atoms with Crippen LogP contribution in [0.4, 0.5) is 5.69 Å². The van der Waals surface area contributed by atoms with Gasteiger partial charge < -0.3 is 5.32 Å². The summed E-state index contributed by atoms with van der Waals surface area (Å²) in [6.45, 7) is 1.08. The van der Waals surface area contributed by atoms with Crippen LogP contribution in [0.5, 0.6) is 0 Å². The molecule has 0 atom stereocenters. The number of nitrogens with one attached hydrogen (secondary N) is 1. The fraction of sp³-hybridized carbons (Fsp3) is 0.235. The molecule has 0 aliphatic carbocycles. The van der Waals surface area contributed by atoms with Gasteiger partial charge in [0.15, 0.2) is 0 Å². The molecule has 132 valence electrons. The van der Waals surface area contributed by atoms with Crippen LogP contribution in [0.25, 0.3) is 0 Å². The summed E-state index contributed by atoms with van der Waals surface area (Å²) < 4.78 is 26.4. The Hall–Kier alpha value is -1.60. The van der Waals surface area contributed by atoms with Crippen molar-refractivity contribution >= 4 is 44.8 Å². The van der Waals surface area contributed by atoms with E-state index in [1.165, 1.54) is 28.6 Å². The molecule has 1 aliphatic rings. The first-order valence-electron chi connectivity index (χ1n) is 7.74. The number of carbonyl (C=O) groups is 1. The summed E-state index contributed by atoms with van der Waals surface area (Å²) in [7, 11) is -3.48. The third-order valence-corrected chi connectivity index (χ3v) is 6.29. The molecule has 0 unspecified atom stereocenters. The average molecular weight is 399 g/mol. The Kier molecular flexibility index (Phi) is 5.34. The lowest BCUT2D eigenvalue weighted by molar-refractivity contribution is 0.102. The quantitative estimate of drug-likeness (QED) is 0.844. The summed E-state index contributed by atoms with van der Waals surface area (Å²) in [5.41, 5.74) is 0.813. The molecule has 1 amide bonds. The number of rotatable bonds is 4. The highest BCUT2D eigenvalue weighted by Gasteiger charge is 2.27. The molecule has 25 heavy (non-hydrogen) atoms. The molecule has 3 rings (SSSR count). The topological polar surface area (TPSA) is 66.5 Å². The first-order valence-corrected chi connectivity index (χ1v) is 9.93. The standard InChI is InChI=1S/C17H16Cl2N2O3S/c18-13-9-14(19)11-15(10-13)20-17(22)12-3-5-16(6-4-12)25(23,24)21-7-1-2-8-21/h3-6,9-11H,1-2,7-8H2,(H,20,22). The Balaban J connectivity index is 1.76. The van der Waals surface area contributed by atoms with Crippen molar-refractivity contribution in [1.82, 2.24) is 4.31 Å². The third kappa shape index (κ3) is 4.15. The summed E-state index contributed by atoms with van der Waals surface area (Å²) >= 11 is 11.8. The Labute approximate surface area is 156 Å². The number of nitrogens with zero attached hydrogens (tertiary/aromatic N) is 1. The number of carbonyl (C=O) groups excluding carboxylic acids is 1. The molecule has 1 fully saturated rings. The molecule has 2 aromatic carbocycles. The van der Waals surface area contributed by atoms with Gasteiger partial charge in [0.05, 0.1) is 4.90 Å². The summed E-state index contributed by atoms with van der Waals surface area (Å²) in [5.74, 6) is -0.372. The van der Waals surface area contributed by atoms with Gasteiger partial charge in [-0.05, 0) is 55.3 Å². The van der Waals surface area contributed by atoms with Crippen LogP contribution in [0.15, 0.2) is 47.4 Å². The minimum atomic E-state index is -3.48. The average Bonchev–Trinajstić information content (AvgIpc) is 3.09. The van der Waals surface area contributed by atoms with Crippen LogP contribution in [0.2, 0.25) is 10.0 Å². The summed E-state index contributed by atoms with van der Waals surface area (Å²) in [6, 6.07) is 10.6. The molecule has 1 aliphatic heterocycles. The Morgan fingerprint density at radius 2 is 1.52 bits per heavy atom. The predicted octanol–water partition coefficient (Wildman–Crippen LogP) is 4.03. The van der Waals surface area contributed by atoms with Crippen LogP contribution in [-0.2, 0) is 10.0 Å². The minimum Gasteiger partial charge on any atom is -0.322 e. The van der Waals surface area contributed by atoms with Crippen LogP contribution in [0.1, 0.15) is 23.2 Å². The number of benzene rings is 2. The Morgan fingerprint density at radius 1 is 0.960 bits per heavy atom. The number of anilines is 1. The van der Waals surface area contributed by atoms with E-state index in [2.05, 4.69) is 5.32 Å². The van der Waals surface area contributed by atoms with E-state index >= 15 is 0 Å². The zero-order valence-electron chi connectivity index (χ0n) is 13.2. The summed E-state index contributed by atoms with van der Waals surface area (Å²) in [5, 5.41) is 3.51. The first-order chi connectivity index (χ1) is 11.9. The predicted molar refractivity (Wildman–Crippen MR) is 98.9 cm³/mol. The zero-order valence-corrected chi connectivity index (χ0v) is 15.5. The SMILES string of the molecule is O=C(Nc1cc(Cl)cc(Cl)c1)c1ccc(S(=O)(=O)N2CCCC2)cc1. The normalized spacial score (nSPS) is 15.3. The second-order valence-electron chi connectivity index (χ2n) is 5.75. The maximum atomic E-state index is 12.5. The number of amides is 1. The van der Waals surface area contributed by atoms with E-state index in [0.29, 0.717) is 34.4 Å². The molecular formula is C17H16Cl2N2O3S. The minimum absolute atomic E-state index is 0.191. The number of hydrogen-bond donors (Lipinski definition) is 1. The Morgan fingerprint density at radius 3 is 2.08 bits per heavy atom. The molecule has 0 radical (unpaired) electrons. The van der Waals surface area contributed by atoms with Crippen LogP contribution in [0, 0.1) is 0 Å². The van der Waals surface area contributed by atoms with Gasteiger partial charge >= 0.3 is 0 Å². The van der Waals surface area contributed by atoms with Crippen LogP contribution in [-0.4, -0.2) is 31.7 Å². The van der Waals surface area contributed by atoms with E-state index in [1.54, 1.807) is 18.2 Å². The van der Waals surface area contributed by atoms with E-state index in [-0.39, 0.29) is 10.8 Å². The third-order valence-electron chi connectivity index (χ3n) is 3.94. The maximum absolute atomic E-state index is 12.5. The molecular weight excluding hydrogens is 383 g/mol. The van der Waals surface area contributed by atoms with Gasteiger partial charge in [-0.25, -0.2) is 8.42 Å². The molecule has 2 aromatic rings. The molecule has 1 N–H and O–H groups in total. The Bertz CT molecular complexity index is 872. The lowest BCUT2D eigenvalue weighted by Gasteiger charge is -2.15. The second-order valence-corrected chi connectivity index (χ2v) is 8.56. The largest absolute Gasteiger partial charge is 0.322 e. The van der Waals surface area contributed by atoms with Crippen LogP contribution < -0.4 is 5.32 Å². The van der Waals surface area contributed by atoms with Gasteiger partial charge in [0.1, 0.15) is 0 Å². The van der Waals surface area contributed by atoms with Crippen molar-refractivity contribution in [3.63, 3.8) is 0 Å². The molecule has 1 heterocycles. The number of hydrogen-bond acceptors (Lipinski definition) is 3. The fourth-order valence-corrected chi connectivity index (χ4v) is 4.73. The van der Waals surface area contributed by atoms with Crippen molar-refractivity contribution in [2.75, 3.05) is 18.4 Å². The molecule has 8 heteroatoms. The van der Waals surface area contributed by atoms with Gasteiger partial charge in [0, 0.05) is 34.4 Å². The van der Waals surface area contributed by atoms with Gasteiger partial charge in [-0.2, -0.15) is 4.31 Å². The van der Waals surface area contributed by atoms with Gasteiger partial charge in [0.25, 0.3) is 5.91 Å². The van der Waals surface area contributed by atoms with Crippen molar-refractivity contribution in [2.24, 2.45) is 0 Å². The smallest absolute Gasteiger partial charge is 0.255 e. The highest BCUT2D eigenvalue weighted by atomic mass is 35.5. The lowest BCUT2D eigenvalue weighted by Crippen LogP contribution is -2.27. The molecule has 0 spiro atoms. The van der Waals surface area contributed by atoms with Gasteiger partial charge in [-0.15, -0.1) is 0 Å². The monoisotopic (exact) mass is 398 g/mol. The molecule has 0 saturated carbocycles. The fourth-order valence-electron chi connectivity index (χ4n) is 2.69. The number of sulfonamides is 1. The van der Waals surface area contributed by atoms with Crippen molar-refractivity contribution in [2.45, 2.75) is 17.7 Å². The highest BCUT2D eigenvalue weighted by Crippen LogP contribution is 2.24.